The number of aromatic carboxylic acids is 1. The van der Waals surface area contributed by atoms with Crippen LogP contribution in [0.1, 0.15) is 30.1 Å². The van der Waals surface area contributed by atoms with Crippen molar-refractivity contribution in [3.8, 4) is 17.2 Å². The van der Waals surface area contributed by atoms with Crippen LogP contribution in [0.4, 0.5) is 8.78 Å². The summed E-state index contributed by atoms with van der Waals surface area (Å²) in [4.78, 5) is 11.3. The van der Waals surface area contributed by atoms with Crippen LogP contribution in [0.2, 0.25) is 0 Å². The highest BCUT2D eigenvalue weighted by Crippen LogP contribution is 2.36. The topological polar surface area (TPSA) is 55.8 Å². The van der Waals surface area contributed by atoms with Crippen LogP contribution in [0.5, 0.6) is 17.2 Å². The van der Waals surface area contributed by atoms with E-state index in [1.807, 2.05) is 6.92 Å². The van der Waals surface area contributed by atoms with E-state index in [0.29, 0.717) is 6.61 Å². The number of para-hydroxylation sites is 1. The molecule has 1 N–H and O–H groups in total. The van der Waals surface area contributed by atoms with Crippen molar-refractivity contribution in [2.24, 2.45) is 0 Å². The second-order valence-electron chi connectivity index (χ2n) is 4.79. The molecule has 0 heterocycles. The average Bonchev–Trinajstić information content (AvgIpc) is 2.53. The average molecular weight is 322 g/mol. The monoisotopic (exact) mass is 322 g/mol. The number of carboxylic acid groups (broad SMARTS) is 1. The highest BCUT2D eigenvalue weighted by atomic mass is 19.2. The molecule has 0 spiro atoms. The molecule has 0 aliphatic heterocycles. The lowest BCUT2D eigenvalue weighted by atomic mass is 10.2. The fourth-order valence-electron chi connectivity index (χ4n) is 1.91. The number of carboxylic acids is 1. The fourth-order valence-corrected chi connectivity index (χ4v) is 1.91. The first kappa shape index (κ1) is 16.7. The lowest BCUT2D eigenvalue weighted by molar-refractivity contribution is 0.0691. The first-order valence-corrected chi connectivity index (χ1v) is 7.15. The smallest absolute Gasteiger partial charge is 0.339 e. The first-order valence-electron chi connectivity index (χ1n) is 7.15. The molecule has 0 saturated heterocycles. The Hall–Kier alpha value is -2.63. The van der Waals surface area contributed by atoms with E-state index >= 15 is 0 Å². The van der Waals surface area contributed by atoms with Gasteiger partial charge in [-0.15, -0.1) is 0 Å². The number of hydrogen-bond donors (Lipinski definition) is 1. The minimum Gasteiger partial charge on any atom is -0.489 e. The summed E-state index contributed by atoms with van der Waals surface area (Å²) in [7, 11) is 0. The molecule has 122 valence electrons. The van der Waals surface area contributed by atoms with Gasteiger partial charge in [0.1, 0.15) is 5.56 Å². The van der Waals surface area contributed by atoms with E-state index in [1.54, 1.807) is 0 Å². The van der Waals surface area contributed by atoms with Crippen molar-refractivity contribution >= 4 is 5.97 Å². The lowest BCUT2D eigenvalue weighted by Crippen LogP contribution is -2.06. The van der Waals surface area contributed by atoms with Crippen LogP contribution in [-0.2, 0) is 0 Å². The van der Waals surface area contributed by atoms with Crippen molar-refractivity contribution in [2.75, 3.05) is 6.61 Å². The van der Waals surface area contributed by atoms with Crippen molar-refractivity contribution in [3.63, 3.8) is 0 Å². The molecular formula is C17H16F2O4. The molecule has 0 fully saturated rings. The summed E-state index contributed by atoms with van der Waals surface area (Å²) in [6, 6.07) is 7.77. The molecule has 0 saturated carbocycles. The van der Waals surface area contributed by atoms with Crippen LogP contribution >= 0.6 is 0 Å². The molecule has 4 nitrogen and oxygen atoms in total. The maximum absolute atomic E-state index is 13.7. The quantitative estimate of drug-likeness (QED) is 0.755. The summed E-state index contributed by atoms with van der Waals surface area (Å²) in [5.41, 5.74) is -0.101. The van der Waals surface area contributed by atoms with Crippen molar-refractivity contribution in [2.45, 2.75) is 19.8 Å². The van der Waals surface area contributed by atoms with E-state index in [9.17, 15) is 18.7 Å². The Labute approximate surface area is 132 Å². The molecule has 2 aromatic carbocycles. The molecular weight excluding hydrogens is 306 g/mol. The zero-order valence-electron chi connectivity index (χ0n) is 12.5. The summed E-state index contributed by atoms with van der Waals surface area (Å²) in [5.74, 6) is -3.71. The van der Waals surface area contributed by atoms with E-state index in [4.69, 9.17) is 9.47 Å². The summed E-state index contributed by atoms with van der Waals surface area (Å²) < 4.78 is 37.8. The zero-order chi connectivity index (χ0) is 16.8. The third-order valence-electron chi connectivity index (χ3n) is 3.09. The van der Waals surface area contributed by atoms with Crippen LogP contribution in [0.3, 0.4) is 0 Å². The summed E-state index contributed by atoms with van der Waals surface area (Å²) in [6.07, 6.45) is 1.59. The number of rotatable bonds is 7. The van der Waals surface area contributed by atoms with Gasteiger partial charge in [-0.1, -0.05) is 25.5 Å². The van der Waals surface area contributed by atoms with Gasteiger partial charge in [-0.25, -0.2) is 9.18 Å². The van der Waals surface area contributed by atoms with Gasteiger partial charge in [-0.3, -0.25) is 0 Å². The summed E-state index contributed by atoms with van der Waals surface area (Å²) in [5, 5.41) is 9.24. The molecule has 2 aromatic rings. The molecule has 0 atom stereocenters. The molecule has 23 heavy (non-hydrogen) atoms. The van der Waals surface area contributed by atoms with E-state index < -0.39 is 17.6 Å². The molecule has 0 unspecified atom stereocenters. The number of halogens is 2. The van der Waals surface area contributed by atoms with Gasteiger partial charge < -0.3 is 14.6 Å². The van der Waals surface area contributed by atoms with E-state index in [-0.39, 0.29) is 22.8 Å². The molecule has 0 aliphatic rings. The van der Waals surface area contributed by atoms with Crippen LogP contribution in [-0.4, -0.2) is 17.7 Å². The second-order valence-corrected chi connectivity index (χ2v) is 4.79. The predicted molar refractivity (Wildman–Crippen MR) is 80.2 cm³/mol. The number of carbonyl (C=O) groups is 1. The molecule has 0 bridgehead atoms. The van der Waals surface area contributed by atoms with Crippen LogP contribution in [0, 0.1) is 11.6 Å². The summed E-state index contributed by atoms with van der Waals surface area (Å²) >= 11 is 0. The van der Waals surface area contributed by atoms with Gasteiger partial charge in [-0.2, -0.15) is 4.39 Å². The van der Waals surface area contributed by atoms with Gasteiger partial charge in [0.2, 0.25) is 5.82 Å². The molecule has 0 radical (unpaired) electrons. The van der Waals surface area contributed by atoms with Gasteiger partial charge in [0.05, 0.1) is 6.61 Å². The number of ether oxygens (including phenoxy) is 2. The number of hydrogen-bond acceptors (Lipinski definition) is 3. The highest BCUT2D eigenvalue weighted by Gasteiger charge is 2.19. The minimum atomic E-state index is -1.19. The zero-order valence-corrected chi connectivity index (χ0v) is 12.5. The van der Waals surface area contributed by atoms with Crippen LogP contribution in [0.15, 0.2) is 36.4 Å². The Balaban J connectivity index is 2.38. The van der Waals surface area contributed by atoms with Gasteiger partial charge in [0.15, 0.2) is 23.1 Å². The van der Waals surface area contributed by atoms with Crippen molar-refractivity contribution < 1.29 is 28.2 Å². The normalized spacial score (nSPS) is 10.4. The maximum Gasteiger partial charge on any atom is 0.339 e. The fraction of sp³-hybridized carbons (Fsp3) is 0.235. The summed E-state index contributed by atoms with van der Waals surface area (Å²) in [6.45, 7) is 2.26. The molecule has 2 rings (SSSR count). The molecule has 6 heteroatoms. The van der Waals surface area contributed by atoms with E-state index in [0.717, 1.165) is 18.9 Å². The Morgan fingerprint density at radius 1 is 1.13 bits per heavy atom. The third-order valence-corrected chi connectivity index (χ3v) is 3.09. The minimum absolute atomic E-state index is 0.00267. The van der Waals surface area contributed by atoms with Gasteiger partial charge in [0, 0.05) is 0 Å². The van der Waals surface area contributed by atoms with Gasteiger partial charge >= 0.3 is 5.97 Å². The predicted octanol–water partition coefficient (Wildman–Crippen LogP) is 4.63. The highest BCUT2D eigenvalue weighted by molar-refractivity contribution is 5.92. The Morgan fingerprint density at radius 2 is 1.83 bits per heavy atom. The lowest BCUT2D eigenvalue weighted by Gasteiger charge is -2.15. The number of benzene rings is 2. The van der Waals surface area contributed by atoms with Crippen LogP contribution < -0.4 is 9.47 Å². The van der Waals surface area contributed by atoms with E-state index in [1.165, 1.54) is 30.3 Å². The van der Waals surface area contributed by atoms with Gasteiger partial charge in [-0.05, 0) is 30.7 Å². The Bertz CT molecular complexity index is 701. The molecule has 0 aliphatic carbocycles. The van der Waals surface area contributed by atoms with Crippen molar-refractivity contribution in [3.05, 3.63) is 53.6 Å². The maximum atomic E-state index is 13.7. The molecule has 0 amide bonds. The Kier molecular flexibility index (Phi) is 5.51. The standard InChI is InChI=1S/C17H16F2O4/c1-2-3-10-22-16-11(17(20)21)6-4-9-14(16)23-13-8-5-7-12(18)15(13)19/h4-9H,2-3,10H2,1H3,(H,20,21). The van der Waals surface area contributed by atoms with E-state index in [2.05, 4.69) is 0 Å². The largest absolute Gasteiger partial charge is 0.489 e. The SMILES string of the molecule is CCCCOc1c(Oc2cccc(F)c2F)cccc1C(=O)O. The second kappa shape index (κ2) is 7.58. The number of unbranched alkanes of at least 4 members (excludes halogenated alkanes) is 1. The van der Waals surface area contributed by atoms with Crippen LogP contribution in [0.25, 0.3) is 0 Å². The van der Waals surface area contributed by atoms with Crippen molar-refractivity contribution in [1.29, 1.82) is 0 Å². The first-order chi connectivity index (χ1) is 11.0. The van der Waals surface area contributed by atoms with Gasteiger partial charge in [0.25, 0.3) is 0 Å². The third kappa shape index (κ3) is 3.97. The molecule has 0 aromatic heterocycles. The Morgan fingerprint density at radius 3 is 2.52 bits per heavy atom. The van der Waals surface area contributed by atoms with Crippen molar-refractivity contribution in [1.82, 2.24) is 0 Å².